The Balaban J connectivity index is 1.78. The van der Waals surface area contributed by atoms with E-state index in [1.165, 1.54) is 6.20 Å². The molecular formula is C18H17Cl2N5O. The van der Waals surface area contributed by atoms with E-state index in [0.29, 0.717) is 27.5 Å². The highest BCUT2D eigenvalue weighted by Crippen LogP contribution is 2.28. The Kier molecular flexibility index (Phi) is 5.75. The van der Waals surface area contributed by atoms with E-state index in [4.69, 9.17) is 27.9 Å². The Hall–Kier alpha value is -2.57. The molecule has 0 spiro atoms. The van der Waals surface area contributed by atoms with Crippen molar-refractivity contribution in [2.24, 2.45) is 0 Å². The Bertz CT molecular complexity index is 904. The van der Waals surface area contributed by atoms with Gasteiger partial charge in [-0.2, -0.15) is 10.1 Å². The van der Waals surface area contributed by atoms with Crippen molar-refractivity contribution >= 4 is 46.3 Å². The Morgan fingerprint density at radius 2 is 1.81 bits per heavy atom. The second kappa shape index (κ2) is 8.21. The maximum atomic E-state index is 6.02. The van der Waals surface area contributed by atoms with E-state index >= 15 is 0 Å². The predicted octanol–water partition coefficient (Wildman–Crippen LogP) is 5.45. The van der Waals surface area contributed by atoms with Crippen LogP contribution in [0.5, 0.6) is 5.75 Å². The van der Waals surface area contributed by atoms with Crippen molar-refractivity contribution in [3.8, 4) is 5.75 Å². The van der Waals surface area contributed by atoms with Gasteiger partial charge in [0.15, 0.2) is 5.82 Å². The molecule has 134 valence electrons. The number of anilines is 4. The lowest BCUT2D eigenvalue weighted by Crippen LogP contribution is -2.08. The Morgan fingerprint density at radius 1 is 1.00 bits per heavy atom. The van der Waals surface area contributed by atoms with Gasteiger partial charge >= 0.3 is 0 Å². The van der Waals surface area contributed by atoms with Crippen LogP contribution in [0.1, 0.15) is 13.8 Å². The number of ether oxygens (including phenoxy) is 1. The smallest absolute Gasteiger partial charge is 0.249 e. The number of hydrogen-bond acceptors (Lipinski definition) is 6. The van der Waals surface area contributed by atoms with Crippen LogP contribution in [0, 0.1) is 0 Å². The fourth-order valence-corrected chi connectivity index (χ4v) is 2.48. The summed E-state index contributed by atoms with van der Waals surface area (Å²) in [6, 6.07) is 12.8. The SMILES string of the molecule is CC(C)Oc1ccccc1Nc1cnnc(Nc2ccc(Cl)c(Cl)c2)n1. The van der Waals surface area contributed by atoms with Gasteiger partial charge in [0.25, 0.3) is 0 Å². The number of rotatable bonds is 6. The van der Waals surface area contributed by atoms with Crippen molar-refractivity contribution in [1.82, 2.24) is 15.2 Å². The molecule has 8 heteroatoms. The second-order valence-electron chi connectivity index (χ2n) is 5.71. The van der Waals surface area contributed by atoms with Crippen molar-refractivity contribution < 1.29 is 4.74 Å². The first-order valence-electron chi connectivity index (χ1n) is 7.96. The van der Waals surface area contributed by atoms with Crippen LogP contribution in [-0.4, -0.2) is 21.3 Å². The molecule has 0 aliphatic heterocycles. The zero-order valence-electron chi connectivity index (χ0n) is 14.2. The molecule has 0 aliphatic rings. The number of aromatic nitrogens is 3. The predicted molar refractivity (Wildman–Crippen MR) is 105 cm³/mol. The van der Waals surface area contributed by atoms with Crippen molar-refractivity contribution in [3.63, 3.8) is 0 Å². The summed E-state index contributed by atoms with van der Waals surface area (Å²) in [7, 11) is 0. The molecule has 0 fully saturated rings. The molecule has 3 aromatic rings. The zero-order chi connectivity index (χ0) is 18.5. The summed E-state index contributed by atoms with van der Waals surface area (Å²) in [4.78, 5) is 4.41. The van der Waals surface area contributed by atoms with Crippen LogP contribution < -0.4 is 15.4 Å². The first-order chi connectivity index (χ1) is 12.5. The lowest BCUT2D eigenvalue weighted by Gasteiger charge is -2.15. The molecule has 0 amide bonds. The summed E-state index contributed by atoms with van der Waals surface area (Å²) in [6.45, 7) is 3.95. The van der Waals surface area contributed by atoms with E-state index in [2.05, 4.69) is 25.8 Å². The molecule has 0 unspecified atom stereocenters. The lowest BCUT2D eigenvalue weighted by molar-refractivity contribution is 0.244. The van der Waals surface area contributed by atoms with Gasteiger partial charge in [0.2, 0.25) is 5.95 Å². The molecule has 3 rings (SSSR count). The maximum Gasteiger partial charge on any atom is 0.249 e. The molecule has 6 nitrogen and oxygen atoms in total. The van der Waals surface area contributed by atoms with Gasteiger partial charge in [-0.05, 0) is 44.2 Å². The van der Waals surface area contributed by atoms with Crippen LogP contribution in [0.4, 0.5) is 23.1 Å². The van der Waals surface area contributed by atoms with E-state index in [0.717, 1.165) is 11.4 Å². The van der Waals surface area contributed by atoms with E-state index in [1.54, 1.807) is 18.2 Å². The molecule has 2 aromatic carbocycles. The first-order valence-corrected chi connectivity index (χ1v) is 8.71. The standard InChI is InChI=1S/C18H17Cl2N5O/c1-11(2)26-16-6-4-3-5-15(16)23-17-10-21-25-18(24-17)22-12-7-8-13(19)14(20)9-12/h3-11H,1-2H3,(H2,22,23,24,25). The number of nitrogens with zero attached hydrogens (tertiary/aromatic N) is 3. The van der Waals surface area contributed by atoms with Crippen molar-refractivity contribution in [2.45, 2.75) is 20.0 Å². The van der Waals surface area contributed by atoms with Gasteiger partial charge in [-0.15, -0.1) is 5.10 Å². The van der Waals surface area contributed by atoms with Gasteiger partial charge in [0.05, 0.1) is 28.0 Å². The highest BCUT2D eigenvalue weighted by Gasteiger charge is 2.08. The van der Waals surface area contributed by atoms with Crippen molar-refractivity contribution in [1.29, 1.82) is 0 Å². The van der Waals surface area contributed by atoms with E-state index in [9.17, 15) is 0 Å². The highest BCUT2D eigenvalue weighted by atomic mass is 35.5. The summed E-state index contributed by atoms with van der Waals surface area (Å²) in [6.07, 6.45) is 1.60. The topological polar surface area (TPSA) is 72.0 Å². The van der Waals surface area contributed by atoms with Crippen LogP contribution in [0.15, 0.2) is 48.7 Å². The Labute approximate surface area is 161 Å². The molecule has 26 heavy (non-hydrogen) atoms. The summed E-state index contributed by atoms with van der Waals surface area (Å²) in [5, 5.41) is 15.1. The largest absolute Gasteiger partial charge is 0.489 e. The van der Waals surface area contributed by atoms with Crippen LogP contribution in [0.25, 0.3) is 0 Å². The maximum absolute atomic E-state index is 6.02. The van der Waals surface area contributed by atoms with E-state index in [-0.39, 0.29) is 6.10 Å². The summed E-state index contributed by atoms with van der Waals surface area (Å²) in [5.41, 5.74) is 1.50. The third kappa shape index (κ3) is 4.74. The molecular weight excluding hydrogens is 373 g/mol. The summed E-state index contributed by atoms with van der Waals surface area (Å²) in [5.74, 6) is 1.60. The second-order valence-corrected chi connectivity index (χ2v) is 6.52. The molecule has 0 aliphatic carbocycles. The minimum absolute atomic E-state index is 0.0633. The van der Waals surface area contributed by atoms with E-state index < -0.39 is 0 Å². The summed E-state index contributed by atoms with van der Waals surface area (Å²) < 4.78 is 5.80. The lowest BCUT2D eigenvalue weighted by atomic mass is 10.3. The normalized spacial score (nSPS) is 10.7. The van der Waals surface area contributed by atoms with Gasteiger partial charge in [0, 0.05) is 5.69 Å². The van der Waals surface area contributed by atoms with E-state index in [1.807, 2.05) is 38.1 Å². The third-order valence-corrected chi connectivity index (χ3v) is 3.99. The molecule has 0 saturated carbocycles. The quantitative estimate of drug-likeness (QED) is 0.583. The zero-order valence-corrected chi connectivity index (χ0v) is 15.7. The molecule has 0 saturated heterocycles. The average molecular weight is 390 g/mol. The van der Waals surface area contributed by atoms with Crippen LogP contribution >= 0.6 is 23.2 Å². The molecule has 2 N–H and O–H groups in total. The highest BCUT2D eigenvalue weighted by molar-refractivity contribution is 6.42. The monoisotopic (exact) mass is 389 g/mol. The number of hydrogen-bond donors (Lipinski definition) is 2. The fourth-order valence-electron chi connectivity index (χ4n) is 2.18. The van der Waals surface area contributed by atoms with Crippen LogP contribution in [0.2, 0.25) is 10.0 Å². The van der Waals surface area contributed by atoms with Gasteiger partial charge in [-0.3, -0.25) is 0 Å². The number of nitrogens with one attached hydrogen (secondary N) is 2. The summed E-state index contributed by atoms with van der Waals surface area (Å²) >= 11 is 11.9. The molecule has 1 heterocycles. The number of benzene rings is 2. The molecule has 1 aromatic heterocycles. The average Bonchev–Trinajstić information content (AvgIpc) is 2.60. The Morgan fingerprint density at radius 3 is 2.58 bits per heavy atom. The number of halogens is 2. The van der Waals surface area contributed by atoms with Crippen LogP contribution in [-0.2, 0) is 0 Å². The minimum atomic E-state index is 0.0633. The molecule has 0 radical (unpaired) electrons. The van der Waals surface area contributed by atoms with Crippen molar-refractivity contribution in [3.05, 3.63) is 58.7 Å². The van der Waals surface area contributed by atoms with Gasteiger partial charge in [-0.25, -0.2) is 0 Å². The third-order valence-electron chi connectivity index (χ3n) is 3.25. The first kappa shape index (κ1) is 18.2. The van der Waals surface area contributed by atoms with Gasteiger partial charge in [-0.1, -0.05) is 35.3 Å². The van der Waals surface area contributed by atoms with Gasteiger partial charge < -0.3 is 15.4 Å². The fraction of sp³-hybridized carbons (Fsp3) is 0.167. The minimum Gasteiger partial charge on any atom is -0.489 e. The number of para-hydroxylation sites is 2. The molecule has 0 atom stereocenters. The van der Waals surface area contributed by atoms with Gasteiger partial charge in [0.1, 0.15) is 5.75 Å². The van der Waals surface area contributed by atoms with Crippen LogP contribution in [0.3, 0.4) is 0 Å². The van der Waals surface area contributed by atoms with Crippen molar-refractivity contribution in [2.75, 3.05) is 10.6 Å². The molecule has 0 bridgehead atoms.